The van der Waals surface area contributed by atoms with Crippen LogP contribution in [0.15, 0.2) is 33.6 Å². The molecule has 0 aliphatic carbocycles. The summed E-state index contributed by atoms with van der Waals surface area (Å²) in [6.07, 6.45) is 1.29. The first-order valence-corrected chi connectivity index (χ1v) is 8.69. The van der Waals surface area contributed by atoms with Crippen LogP contribution in [0.2, 0.25) is 0 Å². The van der Waals surface area contributed by atoms with E-state index in [2.05, 4.69) is 20.7 Å². The molecule has 1 aliphatic rings. The van der Waals surface area contributed by atoms with Gasteiger partial charge in [-0.25, -0.2) is 13.1 Å². The molecule has 1 heterocycles. The number of nitrogens with one attached hydrogen (secondary N) is 1. The maximum Gasteiger partial charge on any atom is 0.240 e. The highest BCUT2D eigenvalue weighted by atomic mass is 79.9. The van der Waals surface area contributed by atoms with E-state index in [1.807, 2.05) is 0 Å². The molecule has 2 rings (SSSR count). The number of halogens is 1. The van der Waals surface area contributed by atoms with E-state index in [1.165, 1.54) is 6.92 Å². The van der Waals surface area contributed by atoms with Crippen LogP contribution in [0.3, 0.4) is 0 Å². The van der Waals surface area contributed by atoms with Crippen LogP contribution in [-0.4, -0.2) is 38.4 Å². The summed E-state index contributed by atoms with van der Waals surface area (Å²) in [5.74, 6) is 0.0401. The third-order valence-electron chi connectivity index (χ3n) is 3.37. The third kappa shape index (κ3) is 3.80. The van der Waals surface area contributed by atoms with Gasteiger partial charge in [-0.2, -0.15) is 0 Å². The highest BCUT2D eigenvalue weighted by Gasteiger charge is 2.25. The van der Waals surface area contributed by atoms with E-state index in [9.17, 15) is 13.2 Å². The van der Waals surface area contributed by atoms with Crippen molar-refractivity contribution in [1.82, 2.24) is 9.62 Å². The molecule has 5 nitrogen and oxygen atoms in total. The molecule has 1 aromatic carbocycles. The molecule has 1 amide bonds. The minimum absolute atomic E-state index is 0.0401. The van der Waals surface area contributed by atoms with E-state index in [0.717, 1.165) is 4.47 Å². The minimum Gasteiger partial charge on any atom is -0.343 e. The fraction of sp³-hybridized carbons (Fsp3) is 0.462. The number of likely N-dealkylation sites (tertiary alicyclic amines) is 1. The normalized spacial score (nSPS) is 17.2. The third-order valence-corrected chi connectivity index (χ3v) is 5.38. The van der Waals surface area contributed by atoms with Crippen molar-refractivity contribution < 1.29 is 13.2 Å². The fourth-order valence-electron chi connectivity index (χ4n) is 2.23. The van der Waals surface area contributed by atoms with Gasteiger partial charge in [0.25, 0.3) is 0 Å². The Balaban J connectivity index is 2.02. The SMILES string of the molecule is CC(=O)N1CCC(NS(=O)(=O)c2cccc(Br)c2)CC1. The van der Waals surface area contributed by atoms with Gasteiger partial charge in [-0.15, -0.1) is 0 Å². The molecule has 20 heavy (non-hydrogen) atoms. The highest BCUT2D eigenvalue weighted by molar-refractivity contribution is 9.10. The van der Waals surface area contributed by atoms with Gasteiger partial charge in [0.1, 0.15) is 0 Å². The molecular weight excluding hydrogens is 344 g/mol. The number of hydrogen-bond acceptors (Lipinski definition) is 3. The smallest absolute Gasteiger partial charge is 0.240 e. The van der Waals surface area contributed by atoms with E-state index in [-0.39, 0.29) is 16.8 Å². The van der Waals surface area contributed by atoms with Gasteiger partial charge in [0.05, 0.1) is 4.90 Å². The van der Waals surface area contributed by atoms with Crippen molar-refractivity contribution in [3.05, 3.63) is 28.7 Å². The molecule has 110 valence electrons. The number of carbonyl (C=O) groups excluding carboxylic acids is 1. The molecule has 0 bridgehead atoms. The van der Waals surface area contributed by atoms with Crippen LogP contribution < -0.4 is 4.72 Å². The largest absolute Gasteiger partial charge is 0.343 e. The van der Waals surface area contributed by atoms with E-state index >= 15 is 0 Å². The monoisotopic (exact) mass is 360 g/mol. The Kier molecular flexibility index (Phi) is 4.82. The molecule has 1 saturated heterocycles. The van der Waals surface area contributed by atoms with Crippen LogP contribution in [0.25, 0.3) is 0 Å². The summed E-state index contributed by atoms with van der Waals surface area (Å²) in [6.45, 7) is 2.73. The summed E-state index contributed by atoms with van der Waals surface area (Å²) in [5.41, 5.74) is 0. The van der Waals surface area contributed by atoms with Crippen LogP contribution in [0.1, 0.15) is 19.8 Å². The Hall–Kier alpha value is -0.920. The molecule has 0 atom stereocenters. The van der Waals surface area contributed by atoms with Crippen LogP contribution in [0.5, 0.6) is 0 Å². The lowest BCUT2D eigenvalue weighted by molar-refractivity contribution is -0.129. The number of piperidine rings is 1. The Morgan fingerprint density at radius 3 is 2.55 bits per heavy atom. The summed E-state index contributed by atoms with van der Waals surface area (Å²) in [4.78, 5) is 13.2. The summed E-state index contributed by atoms with van der Waals surface area (Å²) < 4.78 is 28.0. The molecular formula is C13H17BrN2O3S. The predicted octanol–water partition coefficient (Wildman–Crippen LogP) is 1.74. The molecule has 0 unspecified atom stereocenters. The lowest BCUT2D eigenvalue weighted by atomic mass is 10.1. The topological polar surface area (TPSA) is 66.5 Å². The number of rotatable bonds is 3. The second kappa shape index (κ2) is 6.24. The molecule has 1 aromatic rings. The first-order chi connectivity index (χ1) is 9.38. The fourth-order valence-corrected chi connectivity index (χ4v) is 4.14. The van der Waals surface area contributed by atoms with Gasteiger partial charge >= 0.3 is 0 Å². The zero-order valence-corrected chi connectivity index (χ0v) is 13.6. The first kappa shape index (κ1) is 15.5. The van der Waals surface area contributed by atoms with Gasteiger partial charge in [-0.3, -0.25) is 4.79 Å². The first-order valence-electron chi connectivity index (χ1n) is 6.42. The molecule has 1 aliphatic heterocycles. The molecule has 0 aromatic heterocycles. The number of nitrogens with zero attached hydrogens (tertiary/aromatic N) is 1. The van der Waals surface area contributed by atoms with Crippen molar-refractivity contribution in [3.8, 4) is 0 Å². The van der Waals surface area contributed by atoms with Crippen molar-refractivity contribution in [3.63, 3.8) is 0 Å². The molecule has 1 N–H and O–H groups in total. The Bertz CT molecular complexity index is 595. The highest BCUT2D eigenvalue weighted by Crippen LogP contribution is 2.18. The predicted molar refractivity (Wildman–Crippen MR) is 79.7 cm³/mol. The standard InChI is InChI=1S/C13H17BrN2O3S/c1-10(17)16-7-5-12(6-8-16)15-20(18,19)13-4-2-3-11(14)9-13/h2-4,9,12,15H,5-8H2,1H3. The zero-order chi connectivity index (χ0) is 14.8. The molecule has 0 radical (unpaired) electrons. The minimum atomic E-state index is -3.50. The molecule has 7 heteroatoms. The second-order valence-electron chi connectivity index (χ2n) is 4.86. The number of benzene rings is 1. The Morgan fingerprint density at radius 1 is 1.35 bits per heavy atom. The lowest BCUT2D eigenvalue weighted by Crippen LogP contribution is -2.45. The number of carbonyl (C=O) groups is 1. The summed E-state index contributed by atoms with van der Waals surface area (Å²) in [6, 6.07) is 6.50. The van der Waals surface area contributed by atoms with E-state index < -0.39 is 10.0 Å². The second-order valence-corrected chi connectivity index (χ2v) is 7.49. The number of sulfonamides is 1. The van der Waals surface area contributed by atoms with Crippen LogP contribution in [0, 0.1) is 0 Å². The Labute approximate surface area is 127 Å². The van der Waals surface area contributed by atoms with Gasteiger partial charge in [0.15, 0.2) is 0 Å². The quantitative estimate of drug-likeness (QED) is 0.892. The van der Waals surface area contributed by atoms with E-state index in [0.29, 0.717) is 25.9 Å². The van der Waals surface area contributed by atoms with Gasteiger partial charge in [-0.05, 0) is 31.0 Å². The van der Waals surface area contributed by atoms with Crippen LogP contribution in [0.4, 0.5) is 0 Å². The Morgan fingerprint density at radius 2 is 2.00 bits per heavy atom. The molecule has 0 spiro atoms. The van der Waals surface area contributed by atoms with Crippen molar-refractivity contribution in [2.45, 2.75) is 30.7 Å². The van der Waals surface area contributed by atoms with Gasteiger partial charge in [-0.1, -0.05) is 22.0 Å². The number of amides is 1. The lowest BCUT2D eigenvalue weighted by Gasteiger charge is -2.31. The summed E-state index contributed by atoms with van der Waals surface area (Å²) in [5, 5.41) is 0. The van der Waals surface area contributed by atoms with Gasteiger partial charge in [0, 0.05) is 30.5 Å². The average molecular weight is 361 g/mol. The van der Waals surface area contributed by atoms with Gasteiger partial charge < -0.3 is 4.90 Å². The maximum atomic E-state index is 12.3. The van der Waals surface area contributed by atoms with Crippen LogP contribution in [-0.2, 0) is 14.8 Å². The van der Waals surface area contributed by atoms with E-state index in [1.54, 1.807) is 29.2 Å². The summed E-state index contributed by atoms with van der Waals surface area (Å²) in [7, 11) is -3.50. The van der Waals surface area contributed by atoms with Crippen molar-refractivity contribution in [2.75, 3.05) is 13.1 Å². The van der Waals surface area contributed by atoms with Crippen molar-refractivity contribution in [2.24, 2.45) is 0 Å². The molecule has 0 saturated carbocycles. The average Bonchev–Trinajstić information content (AvgIpc) is 2.39. The molecule has 1 fully saturated rings. The maximum absolute atomic E-state index is 12.3. The van der Waals surface area contributed by atoms with Crippen molar-refractivity contribution in [1.29, 1.82) is 0 Å². The number of hydrogen-bond donors (Lipinski definition) is 1. The van der Waals surface area contributed by atoms with Crippen molar-refractivity contribution >= 4 is 31.9 Å². The van der Waals surface area contributed by atoms with Crippen LogP contribution >= 0.6 is 15.9 Å². The zero-order valence-electron chi connectivity index (χ0n) is 11.2. The van der Waals surface area contributed by atoms with Gasteiger partial charge in [0.2, 0.25) is 15.9 Å². The van der Waals surface area contributed by atoms with E-state index in [4.69, 9.17) is 0 Å². The summed E-state index contributed by atoms with van der Waals surface area (Å²) >= 11 is 3.27.